The number of allylic oxidation sites excluding steroid dienone is 2. The maximum Gasteiger partial charge on any atom is 0.254 e. The number of aromatic hydroxyl groups is 1. The molecule has 1 fully saturated rings. The summed E-state index contributed by atoms with van der Waals surface area (Å²) >= 11 is 0. The normalized spacial score (nSPS) is 28.9. The molecule has 9 nitrogen and oxygen atoms in total. The molecule has 3 atom stereocenters. The predicted molar refractivity (Wildman–Crippen MR) is 120 cm³/mol. The van der Waals surface area contributed by atoms with Crippen LogP contribution in [0.25, 0.3) is 0 Å². The van der Waals surface area contributed by atoms with Crippen LogP contribution >= 0.6 is 0 Å². The van der Waals surface area contributed by atoms with E-state index in [0.29, 0.717) is 17.5 Å². The van der Waals surface area contributed by atoms with E-state index in [0.717, 1.165) is 18.5 Å². The number of phenolic OH excluding ortho intramolecular Hbond substituents is 1. The van der Waals surface area contributed by atoms with Crippen molar-refractivity contribution in [1.29, 1.82) is 5.41 Å². The van der Waals surface area contributed by atoms with Crippen LogP contribution in [-0.2, 0) is 11.2 Å². The highest BCUT2D eigenvalue weighted by molar-refractivity contribution is 6.25. The number of primary amides is 1. The quantitative estimate of drug-likeness (QED) is 0.406. The molecule has 174 valence electrons. The molecule has 33 heavy (non-hydrogen) atoms. The highest BCUT2D eigenvalue weighted by atomic mass is 16.3. The summed E-state index contributed by atoms with van der Waals surface area (Å²) in [6.07, 6.45) is 2.25. The zero-order valence-electron chi connectivity index (χ0n) is 18.5. The summed E-state index contributed by atoms with van der Waals surface area (Å²) in [6.45, 7) is 0. The van der Waals surface area contributed by atoms with Crippen LogP contribution in [0.2, 0.25) is 0 Å². The number of nitrogens with two attached hydrogens (primary N) is 1. The molecule has 0 unspecified atom stereocenters. The van der Waals surface area contributed by atoms with Crippen LogP contribution in [0.5, 0.6) is 5.75 Å². The lowest BCUT2D eigenvalue weighted by Gasteiger charge is -2.47. The van der Waals surface area contributed by atoms with Gasteiger partial charge >= 0.3 is 0 Å². The van der Waals surface area contributed by atoms with Crippen LogP contribution in [-0.4, -0.2) is 57.5 Å². The third kappa shape index (κ3) is 2.78. The molecule has 1 amide bonds. The fourth-order valence-corrected chi connectivity index (χ4v) is 5.85. The molecule has 4 aliphatic rings. The van der Waals surface area contributed by atoms with Gasteiger partial charge in [0.25, 0.3) is 5.91 Å². The first kappa shape index (κ1) is 21.5. The van der Waals surface area contributed by atoms with Crippen molar-refractivity contribution in [2.24, 2.45) is 17.6 Å². The first-order valence-corrected chi connectivity index (χ1v) is 11.1. The van der Waals surface area contributed by atoms with Crippen molar-refractivity contribution >= 4 is 23.1 Å². The maximum absolute atomic E-state index is 13.7. The molecule has 9 heteroatoms. The first-order valence-electron chi connectivity index (χ1n) is 11.1. The van der Waals surface area contributed by atoms with Crippen molar-refractivity contribution in [1.82, 2.24) is 0 Å². The lowest BCUT2D eigenvalue weighted by atomic mass is 9.60. The minimum atomic E-state index is -2.32. The highest BCUT2D eigenvalue weighted by Gasteiger charge is 2.58. The number of carbonyl (C=O) groups excluding carboxylic acids is 2. The molecule has 4 aliphatic carbocycles. The number of carbonyl (C=O) groups is 2. The zero-order valence-corrected chi connectivity index (χ0v) is 18.5. The van der Waals surface area contributed by atoms with Gasteiger partial charge in [0.2, 0.25) is 0 Å². The van der Waals surface area contributed by atoms with Gasteiger partial charge in [-0.1, -0.05) is 0 Å². The number of anilines is 1. The van der Waals surface area contributed by atoms with Gasteiger partial charge in [-0.2, -0.15) is 0 Å². The fourth-order valence-electron chi connectivity index (χ4n) is 5.85. The monoisotopic (exact) mass is 453 g/mol. The van der Waals surface area contributed by atoms with Crippen molar-refractivity contribution in [3.63, 3.8) is 0 Å². The van der Waals surface area contributed by atoms with Crippen LogP contribution in [0.4, 0.5) is 5.69 Å². The summed E-state index contributed by atoms with van der Waals surface area (Å²) in [6, 6.07) is 1.93. The molecular formula is C24H27N3O6. The number of aliphatic hydroxyl groups is 3. The Kier molecular flexibility index (Phi) is 4.46. The number of aliphatic hydroxyl groups excluding tert-OH is 2. The lowest BCUT2D eigenvalue weighted by molar-refractivity contribution is -0.114. The van der Waals surface area contributed by atoms with Crippen LogP contribution in [0.3, 0.4) is 0 Å². The molecule has 0 aromatic heterocycles. The molecule has 1 saturated carbocycles. The molecule has 0 heterocycles. The fraction of sp³-hybridized carbons (Fsp3) is 0.458. The van der Waals surface area contributed by atoms with Crippen molar-refractivity contribution < 1.29 is 30.0 Å². The SMILES string of the molecule is CN(C)c1cc(C2CC2)c(O)c2c1C[C@H]1C[C@H]3CC(O)=C(C(N)=O)C(=N)[C@@]3(O)C(O)=C1C2=O. The Morgan fingerprint density at radius 2 is 1.85 bits per heavy atom. The molecule has 0 aliphatic heterocycles. The van der Waals surface area contributed by atoms with Gasteiger partial charge in [0.1, 0.15) is 22.8 Å². The molecule has 0 spiro atoms. The topological polar surface area (TPSA) is 168 Å². The molecule has 0 bridgehead atoms. The Labute approximate surface area is 190 Å². The lowest BCUT2D eigenvalue weighted by Crippen LogP contribution is -2.57. The van der Waals surface area contributed by atoms with Gasteiger partial charge in [0, 0.05) is 37.7 Å². The van der Waals surface area contributed by atoms with E-state index in [1.165, 1.54) is 0 Å². The number of hydrogen-bond acceptors (Lipinski definition) is 8. The van der Waals surface area contributed by atoms with Crippen molar-refractivity contribution in [3.8, 4) is 5.75 Å². The zero-order chi connectivity index (χ0) is 24.0. The molecular weight excluding hydrogens is 426 g/mol. The van der Waals surface area contributed by atoms with Crippen LogP contribution in [0.1, 0.15) is 53.1 Å². The number of amides is 1. The summed E-state index contributed by atoms with van der Waals surface area (Å²) in [5, 5.41) is 52.4. The number of nitrogens with zero attached hydrogens (tertiary/aromatic N) is 1. The van der Waals surface area contributed by atoms with E-state index in [1.807, 2.05) is 25.1 Å². The first-order chi connectivity index (χ1) is 15.5. The van der Waals surface area contributed by atoms with E-state index in [2.05, 4.69) is 0 Å². The number of Topliss-reactive ketones (excluding diaryl/α,β-unsaturated/α-hetero) is 1. The third-order valence-corrected chi connectivity index (χ3v) is 7.62. The number of benzene rings is 1. The smallest absolute Gasteiger partial charge is 0.254 e. The number of phenols is 1. The Morgan fingerprint density at radius 1 is 1.18 bits per heavy atom. The highest BCUT2D eigenvalue weighted by Crippen LogP contribution is 2.54. The molecule has 0 radical (unpaired) electrons. The second-order valence-corrected chi connectivity index (χ2v) is 9.81. The van der Waals surface area contributed by atoms with Gasteiger partial charge in [0.15, 0.2) is 11.4 Å². The summed E-state index contributed by atoms with van der Waals surface area (Å²) in [7, 11) is 3.74. The Balaban J connectivity index is 1.71. The van der Waals surface area contributed by atoms with Crippen LogP contribution < -0.4 is 10.6 Å². The van der Waals surface area contributed by atoms with Gasteiger partial charge in [0.05, 0.1) is 11.3 Å². The summed E-state index contributed by atoms with van der Waals surface area (Å²) < 4.78 is 0. The van der Waals surface area contributed by atoms with Gasteiger partial charge in [-0.05, 0) is 54.7 Å². The van der Waals surface area contributed by atoms with Crippen LogP contribution in [0.15, 0.2) is 28.7 Å². The number of fused-ring (bicyclic) bond motifs is 3. The van der Waals surface area contributed by atoms with E-state index in [1.54, 1.807) is 0 Å². The largest absolute Gasteiger partial charge is 0.511 e. The van der Waals surface area contributed by atoms with Crippen LogP contribution in [0, 0.1) is 17.2 Å². The van der Waals surface area contributed by atoms with Gasteiger partial charge in [-0.3, -0.25) is 9.59 Å². The van der Waals surface area contributed by atoms with E-state index >= 15 is 0 Å². The Bertz CT molecular complexity index is 1210. The standard InChI is InChI=1S/C24H27N3O6/c1-27(2)14-8-12(9-3-4-9)19(29)17-13(14)6-10-5-11-7-15(28)18(23(26)32)21(25)24(11,33)22(31)16(10)20(17)30/h8-11,25,28-29,31,33H,3-7H2,1-2H3,(H2,26,32)/t10-,11+,24-/m1/s1. The van der Waals surface area contributed by atoms with Gasteiger partial charge in [-0.15, -0.1) is 0 Å². The van der Waals surface area contributed by atoms with E-state index < -0.39 is 51.9 Å². The van der Waals surface area contributed by atoms with Crippen molar-refractivity contribution in [2.75, 3.05) is 19.0 Å². The molecule has 1 aromatic carbocycles. The minimum Gasteiger partial charge on any atom is -0.511 e. The molecule has 5 rings (SSSR count). The number of ketones is 1. The second kappa shape index (κ2) is 6.84. The average Bonchev–Trinajstić information content (AvgIpc) is 3.55. The minimum absolute atomic E-state index is 0.0517. The van der Waals surface area contributed by atoms with Crippen molar-refractivity contribution in [2.45, 2.75) is 43.6 Å². The number of rotatable bonds is 3. The Hall–Kier alpha value is -3.33. The van der Waals surface area contributed by atoms with E-state index in [-0.39, 0.29) is 35.6 Å². The number of nitrogens with one attached hydrogen (secondary N) is 1. The molecule has 0 saturated heterocycles. The second-order valence-electron chi connectivity index (χ2n) is 9.81. The van der Waals surface area contributed by atoms with Gasteiger partial charge < -0.3 is 36.5 Å². The average molecular weight is 453 g/mol. The summed E-state index contributed by atoms with van der Waals surface area (Å²) in [5.41, 5.74) is 4.01. The van der Waals surface area contributed by atoms with Gasteiger partial charge in [-0.25, -0.2) is 0 Å². The number of hydrogen-bond donors (Lipinski definition) is 6. The molecule has 7 N–H and O–H groups in total. The molecule has 1 aromatic rings. The summed E-state index contributed by atoms with van der Waals surface area (Å²) in [5.74, 6) is -3.97. The third-order valence-electron chi connectivity index (χ3n) is 7.62. The van der Waals surface area contributed by atoms with E-state index in [4.69, 9.17) is 11.1 Å². The van der Waals surface area contributed by atoms with E-state index in [9.17, 15) is 30.0 Å². The Morgan fingerprint density at radius 3 is 2.42 bits per heavy atom. The maximum atomic E-state index is 13.7. The predicted octanol–water partition coefficient (Wildman–Crippen LogP) is 1.97. The van der Waals surface area contributed by atoms with Crippen molar-refractivity contribution in [3.05, 3.63) is 45.4 Å². The summed E-state index contributed by atoms with van der Waals surface area (Å²) in [4.78, 5) is 27.4.